The van der Waals surface area contributed by atoms with E-state index in [0.717, 1.165) is 41.7 Å². The number of aromatic nitrogens is 1. The van der Waals surface area contributed by atoms with Gasteiger partial charge in [0.1, 0.15) is 0 Å². The highest BCUT2D eigenvalue weighted by Crippen LogP contribution is 2.24. The van der Waals surface area contributed by atoms with E-state index in [1.807, 2.05) is 30.9 Å². The van der Waals surface area contributed by atoms with Gasteiger partial charge in [-0.3, -0.25) is 9.78 Å². The molecule has 1 amide bonds. The summed E-state index contributed by atoms with van der Waals surface area (Å²) in [6.07, 6.45) is 6.05. The Labute approximate surface area is 129 Å². The molecule has 0 saturated heterocycles. The van der Waals surface area contributed by atoms with E-state index >= 15 is 0 Å². The van der Waals surface area contributed by atoms with Gasteiger partial charge in [0.25, 0.3) is 5.91 Å². The van der Waals surface area contributed by atoms with Gasteiger partial charge in [-0.25, -0.2) is 0 Å². The summed E-state index contributed by atoms with van der Waals surface area (Å²) in [7, 11) is 0. The molecule has 0 atom stereocenters. The number of hydrogen-bond donors (Lipinski definition) is 0. The Morgan fingerprint density at radius 3 is 2.60 bits per heavy atom. The fourth-order valence-electron chi connectivity index (χ4n) is 3.00. The summed E-state index contributed by atoms with van der Waals surface area (Å²) in [6, 6.07) is 4.24. The summed E-state index contributed by atoms with van der Waals surface area (Å²) in [5.41, 5.74) is 2.55. The first-order valence-electron chi connectivity index (χ1n) is 7.44. The van der Waals surface area contributed by atoms with Crippen molar-refractivity contribution in [3.63, 3.8) is 0 Å². The van der Waals surface area contributed by atoms with Gasteiger partial charge in [-0.15, -0.1) is 0 Å². The number of carbonyl (C=O) groups is 1. The van der Waals surface area contributed by atoms with Crippen LogP contribution in [0.3, 0.4) is 0 Å². The van der Waals surface area contributed by atoms with Crippen LogP contribution in [0.2, 0.25) is 0 Å². The molecule has 110 valence electrons. The van der Waals surface area contributed by atoms with E-state index in [0.29, 0.717) is 6.04 Å². The maximum absolute atomic E-state index is 12.8. The number of rotatable bonds is 4. The molecule has 1 fully saturated rings. The van der Waals surface area contributed by atoms with Gasteiger partial charge < -0.3 is 4.90 Å². The molecule has 1 aromatic heterocycles. The van der Waals surface area contributed by atoms with Crippen LogP contribution in [0, 0.1) is 13.8 Å². The van der Waals surface area contributed by atoms with Gasteiger partial charge >= 0.3 is 0 Å². The van der Waals surface area contributed by atoms with Crippen molar-refractivity contribution in [2.45, 2.75) is 52.0 Å². The molecule has 1 heterocycles. The highest BCUT2D eigenvalue weighted by molar-refractivity contribution is 9.09. The minimum absolute atomic E-state index is 0.140. The summed E-state index contributed by atoms with van der Waals surface area (Å²) in [5, 5.41) is 0.827. The fourth-order valence-corrected chi connectivity index (χ4v) is 3.38. The summed E-state index contributed by atoms with van der Waals surface area (Å²) in [6.45, 7) is 4.66. The molecule has 0 aromatic carbocycles. The zero-order chi connectivity index (χ0) is 14.5. The Bertz CT molecular complexity index is 470. The molecule has 0 unspecified atom stereocenters. The minimum atomic E-state index is 0.140. The first-order chi connectivity index (χ1) is 9.63. The number of aryl methyl sites for hydroxylation is 2. The second-order valence-electron chi connectivity index (χ2n) is 5.56. The van der Waals surface area contributed by atoms with Crippen molar-refractivity contribution in [3.8, 4) is 0 Å². The lowest BCUT2D eigenvalue weighted by atomic mass is 9.93. The van der Waals surface area contributed by atoms with Gasteiger partial charge in [0, 0.05) is 23.6 Å². The summed E-state index contributed by atoms with van der Waals surface area (Å²) >= 11 is 3.48. The van der Waals surface area contributed by atoms with Crippen LogP contribution in [-0.4, -0.2) is 33.7 Å². The average molecular weight is 339 g/mol. The first-order valence-corrected chi connectivity index (χ1v) is 8.57. The molecule has 1 aliphatic carbocycles. The van der Waals surface area contributed by atoms with Crippen LogP contribution in [0.1, 0.15) is 53.8 Å². The molecule has 3 nitrogen and oxygen atoms in total. The van der Waals surface area contributed by atoms with Gasteiger partial charge in [-0.05, 0) is 38.8 Å². The van der Waals surface area contributed by atoms with Gasteiger partial charge in [-0.2, -0.15) is 0 Å². The SMILES string of the molecule is Cc1ccc(C(=O)N(CCBr)C2CCCCC2)c(C)n1. The first kappa shape index (κ1) is 15.5. The van der Waals surface area contributed by atoms with Crippen molar-refractivity contribution < 1.29 is 4.79 Å². The van der Waals surface area contributed by atoms with Crippen molar-refractivity contribution in [1.82, 2.24) is 9.88 Å². The van der Waals surface area contributed by atoms with Crippen molar-refractivity contribution >= 4 is 21.8 Å². The highest BCUT2D eigenvalue weighted by Gasteiger charge is 2.26. The van der Waals surface area contributed by atoms with Crippen molar-refractivity contribution in [1.29, 1.82) is 0 Å². The Morgan fingerprint density at radius 2 is 2.00 bits per heavy atom. The van der Waals surface area contributed by atoms with Gasteiger partial charge in [0.2, 0.25) is 0 Å². The highest BCUT2D eigenvalue weighted by atomic mass is 79.9. The van der Waals surface area contributed by atoms with E-state index in [4.69, 9.17) is 0 Å². The van der Waals surface area contributed by atoms with Crippen LogP contribution < -0.4 is 0 Å². The molecule has 4 heteroatoms. The summed E-state index contributed by atoms with van der Waals surface area (Å²) in [5.74, 6) is 0.140. The van der Waals surface area contributed by atoms with Crippen molar-refractivity contribution in [2.24, 2.45) is 0 Å². The summed E-state index contributed by atoms with van der Waals surface area (Å²) in [4.78, 5) is 19.3. The number of pyridine rings is 1. The van der Waals surface area contributed by atoms with Gasteiger partial charge in [-0.1, -0.05) is 35.2 Å². The number of carbonyl (C=O) groups excluding carboxylic acids is 1. The zero-order valence-electron chi connectivity index (χ0n) is 12.4. The Kier molecular flexibility index (Phi) is 5.58. The molecule has 20 heavy (non-hydrogen) atoms. The van der Waals surface area contributed by atoms with E-state index in [1.165, 1.54) is 19.3 Å². The van der Waals surface area contributed by atoms with E-state index in [9.17, 15) is 4.79 Å². The molecule has 2 rings (SSSR count). The molecule has 0 bridgehead atoms. The quantitative estimate of drug-likeness (QED) is 0.780. The monoisotopic (exact) mass is 338 g/mol. The standard InChI is InChI=1S/C16H23BrN2O/c1-12-8-9-15(13(2)18-12)16(20)19(11-10-17)14-6-4-3-5-7-14/h8-9,14H,3-7,10-11H2,1-2H3. The third-order valence-electron chi connectivity index (χ3n) is 4.06. The second-order valence-corrected chi connectivity index (χ2v) is 6.36. The smallest absolute Gasteiger partial charge is 0.255 e. The average Bonchev–Trinajstić information content (AvgIpc) is 2.45. The van der Waals surface area contributed by atoms with Crippen LogP contribution in [0.25, 0.3) is 0 Å². The number of alkyl halides is 1. The lowest BCUT2D eigenvalue weighted by molar-refractivity contribution is 0.0650. The van der Waals surface area contributed by atoms with Crippen LogP contribution >= 0.6 is 15.9 Å². The molecule has 1 aromatic rings. The third kappa shape index (κ3) is 3.60. The van der Waals surface area contributed by atoms with Crippen LogP contribution in [0.5, 0.6) is 0 Å². The number of halogens is 1. The third-order valence-corrected chi connectivity index (χ3v) is 4.41. The Balaban J connectivity index is 2.21. The largest absolute Gasteiger partial charge is 0.335 e. The molecular weight excluding hydrogens is 316 g/mol. The molecule has 0 N–H and O–H groups in total. The fraction of sp³-hybridized carbons (Fsp3) is 0.625. The van der Waals surface area contributed by atoms with Crippen LogP contribution in [0.15, 0.2) is 12.1 Å². The predicted molar refractivity (Wildman–Crippen MR) is 85.4 cm³/mol. The maximum atomic E-state index is 12.8. The van der Waals surface area contributed by atoms with E-state index < -0.39 is 0 Å². The van der Waals surface area contributed by atoms with Crippen LogP contribution in [0.4, 0.5) is 0 Å². The molecule has 0 radical (unpaired) electrons. The molecule has 1 saturated carbocycles. The second kappa shape index (κ2) is 7.21. The molecular formula is C16H23BrN2O. The van der Waals surface area contributed by atoms with E-state index in [2.05, 4.69) is 20.9 Å². The maximum Gasteiger partial charge on any atom is 0.255 e. The van der Waals surface area contributed by atoms with Gasteiger partial charge in [0.05, 0.1) is 11.3 Å². The van der Waals surface area contributed by atoms with E-state index in [-0.39, 0.29) is 5.91 Å². The molecule has 0 spiro atoms. The number of amides is 1. The molecule has 0 aliphatic heterocycles. The predicted octanol–water partition coefficient (Wildman–Crippen LogP) is 3.87. The topological polar surface area (TPSA) is 33.2 Å². The summed E-state index contributed by atoms with van der Waals surface area (Å²) < 4.78 is 0. The van der Waals surface area contributed by atoms with Crippen molar-refractivity contribution in [2.75, 3.05) is 11.9 Å². The minimum Gasteiger partial charge on any atom is -0.335 e. The van der Waals surface area contributed by atoms with E-state index in [1.54, 1.807) is 0 Å². The number of nitrogens with zero attached hydrogens (tertiary/aromatic N) is 2. The molecule has 1 aliphatic rings. The lowest BCUT2D eigenvalue weighted by Gasteiger charge is -2.34. The van der Waals surface area contributed by atoms with Crippen molar-refractivity contribution in [3.05, 3.63) is 29.1 Å². The Hall–Kier alpha value is -0.900. The normalized spacial score (nSPS) is 16.1. The Morgan fingerprint density at radius 1 is 1.30 bits per heavy atom. The zero-order valence-corrected chi connectivity index (χ0v) is 13.9. The van der Waals surface area contributed by atoms with Crippen LogP contribution in [-0.2, 0) is 0 Å². The van der Waals surface area contributed by atoms with Gasteiger partial charge in [0.15, 0.2) is 0 Å². The number of hydrogen-bond acceptors (Lipinski definition) is 2. The lowest BCUT2D eigenvalue weighted by Crippen LogP contribution is -2.42.